The van der Waals surface area contributed by atoms with Gasteiger partial charge < -0.3 is 14.2 Å². The Hall–Kier alpha value is -3.04. The number of carbonyl (C=O) groups is 3. The molecule has 0 fully saturated rings. The summed E-state index contributed by atoms with van der Waals surface area (Å²) < 4.78 is 15.2. The zero-order valence-electron chi connectivity index (χ0n) is 17.1. The zero-order valence-corrected chi connectivity index (χ0v) is 17.1. The van der Waals surface area contributed by atoms with E-state index in [0.29, 0.717) is 4.90 Å². The Balaban J connectivity index is 3.59. The SMILES string of the molecule is COC(=O)c1ccc(CN=O)nc1N(C(=O)OC(C)(C)C)C(=O)OC(C)(C)C. The predicted molar refractivity (Wildman–Crippen MR) is 100 cm³/mol. The highest BCUT2D eigenvalue weighted by Gasteiger charge is 2.36. The van der Waals surface area contributed by atoms with E-state index in [9.17, 15) is 19.3 Å². The third-order valence-corrected chi connectivity index (χ3v) is 2.93. The number of imide groups is 1. The van der Waals surface area contributed by atoms with Gasteiger partial charge in [0.1, 0.15) is 23.3 Å². The molecule has 0 aliphatic carbocycles. The van der Waals surface area contributed by atoms with Crippen molar-refractivity contribution in [2.75, 3.05) is 12.0 Å². The molecule has 28 heavy (non-hydrogen) atoms. The van der Waals surface area contributed by atoms with Gasteiger partial charge in [-0.1, -0.05) is 5.18 Å². The second-order valence-corrected chi connectivity index (χ2v) is 7.75. The molecule has 0 spiro atoms. The van der Waals surface area contributed by atoms with Crippen LogP contribution in [0.2, 0.25) is 0 Å². The van der Waals surface area contributed by atoms with E-state index in [-0.39, 0.29) is 23.6 Å². The number of hydrogen-bond donors (Lipinski definition) is 0. The topological polar surface area (TPSA) is 124 Å². The predicted octanol–water partition coefficient (Wildman–Crippen LogP) is 3.81. The Morgan fingerprint density at radius 3 is 1.89 bits per heavy atom. The second kappa shape index (κ2) is 8.77. The van der Waals surface area contributed by atoms with Crippen LogP contribution < -0.4 is 4.90 Å². The number of amides is 2. The molecule has 10 nitrogen and oxygen atoms in total. The van der Waals surface area contributed by atoms with E-state index in [1.54, 1.807) is 41.5 Å². The van der Waals surface area contributed by atoms with Crippen LogP contribution in [0.1, 0.15) is 57.6 Å². The molecule has 0 atom stereocenters. The number of nitroso groups, excluding NO2 is 1. The van der Waals surface area contributed by atoms with Crippen LogP contribution in [0.15, 0.2) is 17.3 Å². The van der Waals surface area contributed by atoms with Crippen LogP contribution in [0.5, 0.6) is 0 Å². The molecule has 2 amide bonds. The molecule has 0 aliphatic rings. The van der Waals surface area contributed by atoms with Crippen LogP contribution >= 0.6 is 0 Å². The first-order valence-corrected chi connectivity index (χ1v) is 8.42. The van der Waals surface area contributed by atoms with E-state index in [4.69, 9.17) is 14.2 Å². The molecule has 1 rings (SSSR count). The second-order valence-electron chi connectivity index (χ2n) is 7.75. The number of carbonyl (C=O) groups excluding carboxylic acids is 3. The van der Waals surface area contributed by atoms with E-state index in [1.807, 2.05) is 0 Å². The van der Waals surface area contributed by atoms with Crippen molar-refractivity contribution in [3.63, 3.8) is 0 Å². The Morgan fingerprint density at radius 1 is 1.00 bits per heavy atom. The summed E-state index contributed by atoms with van der Waals surface area (Å²) in [7, 11) is 1.14. The van der Waals surface area contributed by atoms with Crippen LogP contribution in [-0.2, 0) is 20.8 Å². The molecule has 154 valence electrons. The molecule has 1 aromatic heterocycles. The van der Waals surface area contributed by atoms with E-state index in [0.717, 1.165) is 7.11 Å². The van der Waals surface area contributed by atoms with Crippen molar-refractivity contribution >= 4 is 24.0 Å². The number of nitrogens with zero attached hydrogens (tertiary/aromatic N) is 3. The van der Waals surface area contributed by atoms with Gasteiger partial charge in [0.05, 0.1) is 12.8 Å². The summed E-state index contributed by atoms with van der Waals surface area (Å²) in [5.74, 6) is -1.22. The van der Waals surface area contributed by atoms with Crippen molar-refractivity contribution in [1.82, 2.24) is 4.98 Å². The summed E-state index contributed by atoms with van der Waals surface area (Å²) in [6.45, 7) is 9.34. The third kappa shape index (κ3) is 6.60. The molecular weight excluding hydrogens is 370 g/mol. The van der Waals surface area contributed by atoms with Gasteiger partial charge in [-0.25, -0.2) is 19.4 Å². The maximum absolute atomic E-state index is 12.7. The first-order valence-electron chi connectivity index (χ1n) is 8.42. The molecule has 1 heterocycles. The van der Waals surface area contributed by atoms with Crippen molar-refractivity contribution in [1.29, 1.82) is 0 Å². The van der Waals surface area contributed by atoms with Crippen LogP contribution in [0.25, 0.3) is 0 Å². The van der Waals surface area contributed by atoms with E-state index < -0.39 is 29.4 Å². The minimum atomic E-state index is -1.10. The standard InChI is InChI=1S/C18H25N3O7/c1-17(2,3)27-15(23)21(16(24)28-18(4,5)6)13-12(14(22)26-7)9-8-11(20-13)10-19-25/h8-9H,10H2,1-7H3. The third-order valence-electron chi connectivity index (χ3n) is 2.93. The largest absolute Gasteiger partial charge is 0.465 e. The molecule has 0 saturated carbocycles. The van der Waals surface area contributed by atoms with E-state index in [2.05, 4.69) is 10.2 Å². The number of methoxy groups -OCH3 is 1. The summed E-state index contributed by atoms with van der Waals surface area (Å²) in [5, 5.41) is 2.73. The van der Waals surface area contributed by atoms with Crippen LogP contribution in [-0.4, -0.2) is 41.5 Å². The van der Waals surface area contributed by atoms with Gasteiger partial charge >= 0.3 is 18.2 Å². The van der Waals surface area contributed by atoms with Crippen molar-refractivity contribution < 1.29 is 28.6 Å². The van der Waals surface area contributed by atoms with Gasteiger partial charge in [0, 0.05) is 0 Å². The molecule has 0 aliphatic heterocycles. The minimum Gasteiger partial charge on any atom is -0.465 e. The van der Waals surface area contributed by atoms with E-state index >= 15 is 0 Å². The minimum absolute atomic E-state index is 0.134. The highest BCUT2D eigenvalue weighted by molar-refractivity contribution is 6.12. The maximum Gasteiger partial charge on any atom is 0.425 e. The molecule has 10 heteroatoms. The number of hydrogen-bond acceptors (Lipinski definition) is 9. The first kappa shape index (κ1) is 23.0. The molecule has 1 aromatic rings. The number of rotatable bonds is 4. The van der Waals surface area contributed by atoms with Crippen LogP contribution in [0.3, 0.4) is 0 Å². The average Bonchev–Trinajstić information content (AvgIpc) is 2.51. The van der Waals surface area contributed by atoms with Crippen molar-refractivity contribution in [2.24, 2.45) is 5.18 Å². The lowest BCUT2D eigenvalue weighted by atomic mass is 10.2. The number of aromatic nitrogens is 1. The highest BCUT2D eigenvalue weighted by Crippen LogP contribution is 2.25. The van der Waals surface area contributed by atoms with Gasteiger partial charge in [-0.15, -0.1) is 0 Å². The summed E-state index contributed by atoms with van der Waals surface area (Å²) in [4.78, 5) is 52.8. The first-order chi connectivity index (χ1) is 12.8. The number of anilines is 1. The van der Waals surface area contributed by atoms with Gasteiger partial charge in [-0.3, -0.25) is 0 Å². The van der Waals surface area contributed by atoms with Gasteiger partial charge in [-0.2, -0.15) is 9.81 Å². The Bertz CT molecular complexity index is 735. The van der Waals surface area contributed by atoms with Crippen LogP contribution in [0, 0.1) is 4.91 Å². The van der Waals surface area contributed by atoms with Gasteiger partial charge in [0.2, 0.25) is 0 Å². The van der Waals surface area contributed by atoms with Gasteiger partial charge in [-0.05, 0) is 53.7 Å². The fraction of sp³-hybridized carbons (Fsp3) is 0.556. The van der Waals surface area contributed by atoms with Crippen molar-refractivity contribution in [3.05, 3.63) is 28.3 Å². The molecular formula is C18H25N3O7. The molecule has 0 radical (unpaired) electrons. The normalized spacial score (nSPS) is 11.4. The Labute approximate surface area is 163 Å². The summed E-state index contributed by atoms with van der Waals surface area (Å²) in [6, 6.07) is 2.63. The Morgan fingerprint density at radius 2 is 1.50 bits per heavy atom. The fourth-order valence-corrected chi connectivity index (χ4v) is 1.94. The van der Waals surface area contributed by atoms with Gasteiger partial charge in [0.15, 0.2) is 5.82 Å². The number of ether oxygens (including phenoxy) is 3. The molecule has 0 aromatic carbocycles. The van der Waals surface area contributed by atoms with Crippen LogP contribution in [0.4, 0.5) is 15.4 Å². The zero-order chi connectivity index (χ0) is 21.7. The number of esters is 1. The molecule has 0 N–H and O–H groups in total. The Kier molecular flexibility index (Phi) is 7.20. The number of pyridine rings is 1. The van der Waals surface area contributed by atoms with Crippen molar-refractivity contribution in [2.45, 2.75) is 59.3 Å². The average molecular weight is 395 g/mol. The quantitative estimate of drug-likeness (QED) is 0.428. The summed E-state index contributed by atoms with van der Waals surface area (Å²) in [6.07, 6.45) is -2.20. The van der Waals surface area contributed by atoms with Gasteiger partial charge in [0.25, 0.3) is 0 Å². The maximum atomic E-state index is 12.7. The smallest absolute Gasteiger partial charge is 0.425 e. The molecule has 0 bridgehead atoms. The monoisotopic (exact) mass is 395 g/mol. The van der Waals surface area contributed by atoms with E-state index in [1.165, 1.54) is 12.1 Å². The lowest BCUT2D eigenvalue weighted by Gasteiger charge is -2.28. The molecule has 0 saturated heterocycles. The summed E-state index contributed by atoms with van der Waals surface area (Å²) >= 11 is 0. The highest BCUT2D eigenvalue weighted by atomic mass is 16.6. The molecule has 0 unspecified atom stereocenters. The lowest BCUT2D eigenvalue weighted by Crippen LogP contribution is -2.45. The fourth-order valence-electron chi connectivity index (χ4n) is 1.94. The van der Waals surface area contributed by atoms with Crippen molar-refractivity contribution in [3.8, 4) is 0 Å². The summed E-state index contributed by atoms with van der Waals surface area (Å²) in [5.41, 5.74) is -1.93. The lowest BCUT2D eigenvalue weighted by molar-refractivity contribution is 0.0428.